The van der Waals surface area contributed by atoms with Crippen LogP contribution in [0, 0.1) is 5.41 Å². The van der Waals surface area contributed by atoms with E-state index in [1.54, 1.807) is 27.7 Å². The minimum Gasteiger partial charge on any atom is -0.442 e. The molecule has 0 fully saturated rings. The maximum atomic E-state index is 11.2. The van der Waals surface area contributed by atoms with E-state index in [2.05, 4.69) is 4.99 Å². The molecule has 0 unspecified atom stereocenters. The molecule has 0 heterocycles. The lowest BCUT2D eigenvalue weighted by molar-refractivity contribution is 0.0604. The van der Waals surface area contributed by atoms with Crippen molar-refractivity contribution in [3.8, 4) is 0 Å². The van der Waals surface area contributed by atoms with Gasteiger partial charge in [0.25, 0.3) is 0 Å². The zero-order chi connectivity index (χ0) is 11.4. The molecule has 0 saturated heterocycles. The van der Waals surface area contributed by atoms with Gasteiger partial charge in [0.15, 0.2) is 0 Å². The third-order valence-electron chi connectivity index (χ3n) is 1.39. The molecule has 0 atom stereocenters. The van der Waals surface area contributed by atoms with Crippen molar-refractivity contribution in [1.82, 2.24) is 0 Å². The highest BCUT2D eigenvalue weighted by atomic mass is 16.6. The molecule has 0 aromatic carbocycles. The van der Waals surface area contributed by atoms with Crippen LogP contribution in [0.5, 0.6) is 0 Å². The minimum atomic E-state index is -0.624. The van der Waals surface area contributed by atoms with Gasteiger partial charge in [0.1, 0.15) is 5.60 Å². The lowest BCUT2D eigenvalue weighted by Crippen LogP contribution is -2.23. The maximum absolute atomic E-state index is 11.2. The highest BCUT2D eigenvalue weighted by Crippen LogP contribution is 2.08. The van der Waals surface area contributed by atoms with E-state index in [1.165, 1.54) is 0 Å². The number of aliphatic imine (C=N–C) groups is 1. The van der Waals surface area contributed by atoms with Gasteiger partial charge in [-0.25, -0.2) is 4.79 Å². The first-order chi connectivity index (χ1) is 6.26. The number of carbonyl (C=O) groups excluding carboxylic acids is 1. The van der Waals surface area contributed by atoms with E-state index in [0.717, 1.165) is 0 Å². The zero-order valence-corrected chi connectivity index (χ0v) is 9.47. The van der Waals surface area contributed by atoms with E-state index in [1.807, 2.05) is 6.92 Å². The Morgan fingerprint density at radius 2 is 1.93 bits per heavy atom. The van der Waals surface area contributed by atoms with Crippen LogP contribution in [-0.4, -0.2) is 23.1 Å². The molecule has 1 N–H and O–H groups in total. The summed E-state index contributed by atoms with van der Waals surface area (Å²) in [5.74, 6) is 0. The van der Waals surface area contributed by atoms with Gasteiger partial charge in [-0.3, -0.25) is 0 Å². The Hall–Kier alpha value is -1.19. The molecule has 0 radical (unpaired) electrons. The summed E-state index contributed by atoms with van der Waals surface area (Å²) < 4.78 is 5.00. The Morgan fingerprint density at radius 1 is 1.43 bits per heavy atom. The molecule has 0 aliphatic heterocycles. The Labute approximate surface area is 84.9 Å². The Balaban J connectivity index is 4.49. The lowest BCUT2D eigenvalue weighted by atomic mass is 10.2. The van der Waals surface area contributed by atoms with Crippen LogP contribution in [-0.2, 0) is 4.74 Å². The van der Waals surface area contributed by atoms with Crippen molar-refractivity contribution in [3.63, 3.8) is 0 Å². The van der Waals surface area contributed by atoms with Gasteiger partial charge in [0, 0.05) is 5.71 Å². The van der Waals surface area contributed by atoms with Gasteiger partial charge < -0.3 is 10.1 Å². The molecule has 0 saturated carbocycles. The molecule has 0 spiro atoms. The summed E-state index contributed by atoms with van der Waals surface area (Å²) in [4.78, 5) is 14.9. The van der Waals surface area contributed by atoms with Crippen molar-refractivity contribution in [2.24, 2.45) is 4.99 Å². The second kappa shape index (κ2) is 4.88. The largest absolute Gasteiger partial charge is 0.442 e. The van der Waals surface area contributed by atoms with Crippen molar-refractivity contribution in [2.45, 2.75) is 46.6 Å². The summed E-state index contributed by atoms with van der Waals surface area (Å²) in [6.45, 7) is 8.80. The fourth-order valence-corrected chi connectivity index (χ4v) is 0.823. The van der Waals surface area contributed by atoms with Gasteiger partial charge >= 0.3 is 6.09 Å². The molecule has 80 valence electrons. The van der Waals surface area contributed by atoms with E-state index in [-0.39, 0.29) is 0 Å². The second-order valence-corrected chi connectivity index (χ2v) is 4.02. The van der Waals surface area contributed by atoms with Crippen LogP contribution in [0.25, 0.3) is 0 Å². The molecule has 0 aliphatic carbocycles. The van der Waals surface area contributed by atoms with Crippen molar-refractivity contribution >= 4 is 17.5 Å². The maximum Gasteiger partial charge on any atom is 0.434 e. The van der Waals surface area contributed by atoms with Crippen molar-refractivity contribution in [1.29, 1.82) is 5.41 Å². The minimum absolute atomic E-state index is 0.304. The van der Waals surface area contributed by atoms with Crippen LogP contribution in [0.4, 0.5) is 4.79 Å². The van der Waals surface area contributed by atoms with Gasteiger partial charge in [0.05, 0.1) is 5.71 Å². The van der Waals surface area contributed by atoms with E-state index >= 15 is 0 Å². The molecule has 4 heteroatoms. The molecular weight excluding hydrogens is 180 g/mol. The van der Waals surface area contributed by atoms with Crippen LogP contribution < -0.4 is 0 Å². The summed E-state index contributed by atoms with van der Waals surface area (Å²) in [6.07, 6.45) is -0.0601. The predicted octanol–water partition coefficient (Wildman–Crippen LogP) is 2.81. The molecule has 0 aliphatic rings. The highest BCUT2D eigenvalue weighted by Gasteiger charge is 2.16. The standard InChI is InChI=1S/C10H18N2O2/c1-6-8(7(2)11)12-9(13)14-10(3,4)5/h11H,6H2,1-5H3. The predicted molar refractivity (Wildman–Crippen MR) is 57.4 cm³/mol. The first-order valence-electron chi connectivity index (χ1n) is 4.62. The van der Waals surface area contributed by atoms with Crippen LogP contribution in [0.15, 0.2) is 4.99 Å². The lowest BCUT2D eigenvalue weighted by Gasteiger charge is -2.17. The Bertz CT molecular complexity index is 262. The third kappa shape index (κ3) is 5.45. The van der Waals surface area contributed by atoms with Gasteiger partial charge in [-0.05, 0) is 34.1 Å². The van der Waals surface area contributed by atoms with Crippen molar-refractivity contribution in [2.75, 3.05) is 0 Å². The van der Waals surface area contributed by atoms with Gasteiger partial charge in [0.2, 0.25) is 0 Å². The fraction of sp³-hybridized carbons (Fsp3) is 0.700. The molecular formula is C10H18N2O2. The highest BCUT2D eigenvalue weighted by molar-refractivity contribution is 6.41. The summed E-state index contributed by atoms with van der Waals surface area (Å²) in [5.41, 5.74) is 0.243. The molecule has 1 amide bonds. The number of ether oxygens (including phenoxy) is 1. The summed E-state index contributed by atoms with van der Waals surface area (Å²) in [7, 11) is 0. The summed E-state index contributed by atoms with van der Waals surface area (Å²) in [6, 6.07) is 0. The third-order valence-corrected chi connectivity index (χ3v) is 1.39. The Kier molecular flexibility index (Phi) is 4.47. The second-order valence-electron chi connectivity index (χ2n) is 4.02. The quantitative estimate of drug-likeness (QED) is 0.693. The molecule has 0 aromatic rings. The molecule has 14 heavy (non-hydrogen) atoms. The van der Waals surface area contributed by atoms with Gasteiger partial charge in [-0.2, -0.15) is 4.99 Å². The van der Waals surface area contributed by atoms with E-state index in [4.69, 9.17) is 10.1 Å². The van der Waals surface area contributed by atoms with Crippen LogP contribution in [0.2, 0.25) is 0 Å². The molecule has 0 rings (SSSR count). The number of carbonyl (C=O) groups is 1. The first kappa shape index (κ1) is 12.8. The molecule has 0 aromatic heterocycles. The average molecular weight is 198 g/mol. The number of nitrogens with zero attached hydrogens (tertiary/aromatic N) is 1. The van der Waals surface area contributed by atoms with E-state index in [0.29, 0.717) is 17.8 Å². The summed E-state index contributed by atoms with van der Waals surface area (Å²) >= 11 is 0. The monoisotopic (exact) mass is 198 g/mol. The Morgan fingerprint density at radius 3 is 2.21 bits per heavy atom. The molecule has 0 bridgehead atoms. The van der Waals surface area contributed by atoms with Crippen LogP contribution in [0.3, 0.4) is 0 Å². The fourth-order valence-electron chi connectivity index (χ4n) is 0.823. The number of hydrogen-bond donors (Lipinski definition) is 1. The first-order valence-corrected chi connectivity index (χ1v) is 4.62. The van der Waals surface area contributed by atoms with Gasteiger partial charge in [-0.15, -0.1) is 0 Å². The number of rotatable bonds is 2. The average Bonchev–Trinajstić information content (AvgIpc) is 1.96. The molecule has 4 nitrogen and oxygen atoms in total. The normalized spacial score (nSPS) is 12.5. The zero-order valence-electron chi connectivity index (χ0n) is 9.47. The smallest absolute Gasteiger partial charge is 0.434 e. The number of amides is 1. The topological polar surface area (TPSA) is 62.5 Å². The van der Waals surface area contributed by atoms with Crippen LogP contribution in [0.1, 0.15) is 41.0 Å². The van der Waals surface area contributed by atoms with Crippen molar-refractivity contribution < 1.29 is 9.53 Å². The number of nitrogens with one attached hydrogen (secondary N) is 1. The van der Waals surface area contributed by atoms with Crippen LogP contribution >= 0.6 is 0 Å². The van der Waals surface area contributed by atoms with Crippen molar-refractivity contribution in [3.05, 3.63) is 0 Å². The van der Waals surface area contributed by atoms with Gasteiger partial charge in [-0.1, -0.05) is 6.92 Å². The number of hydrogen-bond acceptors (Lipinski definition) is 3. The SMILES string of the molecule is CCC(=NC(=O)OC(C)(C)C)C(C)=N. The van der Waals surface area contributed by atoms with E-state index in [9.17, 15) is 4.79 Å². The van der Waals surface area contributed by atoms with E-state index < -0.39 is 11.7 Å². The summed E-state index contributed by atoms with van der Waals surface area (Å²) in [5, 5.41) is 7.34.